The molecule has 0 radical (unpaired) electrons. The number of likely N-dealkylation sites (tertiary alicyclic amines) is 1. The molecule has 4 N–H and O–H groups in total. The predicted molar refractivity (Wildman–Crippen MR) is 71.2 cm³/mol. The van der Waals surface area contributed by atoms with Crippen molar-refractivity contribution in [1.29, 1.82) is 0 Å². The second-order valence-electron chi connectivity index (χ2n) is 4.78. The highest BCUT2D eigenvalue weighted by molar-refractivity contribution is 5.93. The number of urea groups is 1. The third kappa shape index (κ3) is 3.24. The minimum absolute atomic E-state index is 0.0442. The van der Waals surface area contributed by atoms with Gasteiger partial charge in [0, 0.05) is 24.8 Å². The Morgan fingerprint density at radius 3 is 2.85 bits per heavy atom. The van der Waals surface area contributed by atoms with Gasteiger partial charge in [0.1, 0.15) is 5.82 Å². The summed E-state index contributed by atoms with van der Waals surface area (Å²) >= 11 is 0. The topological polar surface area (TPSA) is 95.7 Å². The molecule has 108 valence electrons. The van der Waals surface area contributed by atoms with Crippen molar-refractivity contribution in [2.75, 3.05) is 18.4 Å². The van der Waals surface area contributed by atoms with Gasteiger partial charge in [-0.25, -0.2) is 14.0 Å². The Morgan fingerprint density at radius 1 is 1.45 bits per heavy atom. The number of benzene rings is 1. The Morgan fingerprint density at radius 2 is 2.20 bits per heavy atom. The summed E-state index contributed by atoms with van der Waals surface area (Å²) in [5, 5.41) is 11.4. The maximum Gasteiger partial charge on any atom is 0.338 e. The lowest BCUT2D eigenvalue weighted by atomic mass is 10.1. The number of halogens is 1. The monoisotopic (exact) mass is 281 g/mol. The Labute approximate surface area is 115 Å². The van der Waals surface area contributed by atoms with E-state index in [9.17, 15) is 14.0 Å². The normalized spacial score (nSPS) is 18.7. The molecule has 0 bridgehead atoms. The van der Waals surface area contributed by atoms with Gasteiger partial charge in [-0.15, -0.1) is 0 Å². The first-order valence-corrected chi connectivity index (χ1v) is 6.31. The zero-order valence-corrected chi connectivity index (χ0v) is 10.8. The van der Waals surface area contributed by atoms with Crippen molar-refractivity contribution in [2.24, 2.45) is 5.73 Å². The molecular weight excluding hydrogens is 265 g/mol. The number of hydrogen-bond acceptors (Lipinski definition) is 3. The fourth-order valence-electron chi connectivity index (χ4n) is 2.16. The molecule has 0 spiro atoms. The number of carboxylic acid groups (broad SMARTS) is 1. The second kappa shape index (κ2) is 5.87. The molecular formula is C13H16FN3O3. The molecule has 7 heteroatoms. The summed E-state index contributed by atoms with van der Waals surface area (Å²) in [7, 11) is 0. The smallest absolute Gasteiger partial charge is 0.338 e. The van der Waals surface area contributed by atoms with Crippen molar-refractivity contribution >= 4 is 17.7 Å². The maximum atomic E-state index is 13.2. The van der Waals surface area contributed by atoms with Gasteiger partial charge in [0.15, 0.2) is 0 Å². The molecule has 0 aromatic heterocycles. The Hall–Kier alpha value is -2.15. The van der Waals surface area contributed by atoms with E-state index in [-0.39, 0.29) is 17.8 Å². The molecule has 2 rings (SSSR count). The number of piperidine rings is 1. The molecule has 1 aromatic carbocycles. The quantitative estimate of drug-likeness (QED) is 0.765. The summed E-state index contributed by atoms with van der Waals surface area (Å²) in [6, 6.07) is 3.03. The fraction of sp³-hybridized carbons (Fsp3) is 0.385. The zero-order valence-electron chi connectivity index (χ0n) is 10.8. The van der Waals surface area contributed by atoms with E-state index in [1.807, 2.05) is 0 Å². The number of rotatable bonds is 2. The van der Waals surface area contributed by atoms with Crippen LogP contribution in [0.5, 0.6) is 0 Å². The summed E-state index contributed by atoms with van der Waals surface area (Å²) in [5.41, 5.74) is 5.56. The number of nitrogens with zero attached hydrogens (tertiary/aromatic N) is 1. The molecule has 1 aliphatic heterocycles. The van der Waals surface area contributed by atoms with Gasteiger partial charge in [0.05, 0.1) is 5.56 Å². The minimum atomic E-state index is -1.38. The third-order valence-corrected chi connectivity index (χ3v) is 3.19. The first-order valence-electron chi connectivity index (χ1n) is 6.31. The first-order chi connectivity index (χ1) is 9.47. The molecule has 6 nitrogen and oxygen atoms in total. The molecule has 1 atom stereocenters. The number of aromatic carboxylic acids is 1. The zero-order chi connectivity index (χ0) is 14.7. The van der Waals surface area contributed by atoms with Crippen LogP contribution >= 0.6 is 0 Å². The molecule has 2 amide bonds. The average molecular weight is 281 g/mol. The maximum absolute atomic E-state index is 13.2. The van der Waals surface area contributed by atoms with Crippen LogP contribution in [-0.2, 0) is 0 Å². The Kier molecular flexibility index (Phi) is 4.19. The molecule has 1 heterocycles. The largest absolute Gasteiger partial charge is 0.478 e. The van der Waals surface area contributed by atoms with Gasteiger partial charge in [-0.1, -0.05) is 0 Å². The van der Waals surface area contributed by atoms with Crippen molar-refractivity contribution < 1.29 is 19.1 Å². The number of carbonyl (C=O) groups excluding carboxylic acids is 1. The third-order valence-electron chi connectivity index (χ3n) is 3.19. The fourth-order valence-corrected chi connectivity index (χ4v) is 2.16. The SMILES string of the molecule is NC1CCCN(C(=O)Nc2ccc(F)c(C(=O)O)c2)C1. The van der Waals surface area contributed by atoms with Crippen molar-refractivity contribution in [1.82, 2.24) is 4.90 Å². The summed E-state index contributed by atoms with van der Waals surface area (Å²) in [4.78, 5) is 24.4. The lowest BCUT2D eigenvalue weighted by Gasteiger charge is -2.30. The van der Waals surface area contributed by atoms with Crippen molar-refractivity contribution in [3.63, 3.8) is 0 Å². The van der Waals surface area contributed by atoms with E-state index < -0.39 is 17.3 Å². The van der Waals surface area contributed by atoms with E-state index in [4.69, 9.17) is 10.8 Å². The Bertz CT molecular complexity index is 536. The summed E-state index contributed by atoms with van der Waals surface area (Å²) in [5.74, 6) is -2.21. The van der Waals surface area contributed by atoms with Gasteiger partial charge in [-0.3, -0.25) is 0 Å². The van der Waals surface area contributed by atoms with E-state index in [2.05, 4.69) is 5.32 Å². The number of nitrogens with one attached hydrogen (secondary N) is 1. The number of anilines is 1. The molecule has 0 saturated carbocycles. The van der Waals surface area contributed by atoms with Crippen LogP contribution in [0.25, 0.3) is 0 Å². The molecule has 20 heavy (non-hydrogen) atoms. The lowest BCUT2D eigenvalue weighted by Crippen LogP contribution is -2.47. The van der Waals surface area contributed by atoms with Crippen LogP contribution in [0, 0.1) is 5.82 Å². The van der Waals surface area contributed by atoms with Crippen LogP contribution in [0.2, 0.25) is 0 Å². The Balaban J connectivity index is 2.07. The standard InChI is InChI=1S/C13H16FN3O3/c14-11-4-3-9(6-10(11)12(18)19)16-13(20)17-5-1-2-8(15)7-17/h3-4,6,8H,1-2,5,7,15H2,(H,16,20)(H,18,19). The summed E-state index contributed by atoms with van der Waals surface area (Å²) in [6.07, 6.45) is 1.71. The van der Waals surface area contributed by atoms with Crippen LogP contribution in [0.1, 0.15) is 23.2 Å². The van der Waals surface area contributed by atoms with E-state index in [1.54, 1.807) is 4.90 Å². The van der Waals surface area contributed by atoms with Crippen molar-refractivity contribution in [2.45, 2.75) is 18.9 Å². The number of nitrogens with two attached hydrogens (primary N) is 1. The lowest BCUT2D eigenvalue weighted by molar-refractivity contribution is 0.0692. The average Bonchev–Trinajstić information content (AvgIpc) is 2.40. The van der Waals surface area contributed by atoms with Crippen LogP contribution < -0.4 is 11.1 Å². The molecule has 1 saturated heterocycles. The summed E-state index contributed by atoms with van der Waals surface area (Å²) < 4.78 is 13.2. The van der Waals surface area contributed by atoms with Gasteiger partial charge in [0.25, 0.3) is 0 Å². The van der Waals surface area contributed by atoms with Gasteiger partial charge < -0.3 is 21.1 Å². The molecule has 0 aliphatic carbocycles. The molecule has 1 unspecified atom stereocenters. The molecule has 1 aromatic rings. The van der Waals surface area contributed by atoms with E-state index in [0.717, 1.165) is 25.0 Å². The van der Waals surface area contributed by atoms with Gasteiger partial charge in [-0.2, -0.15) is 0 Å². The number of hydrogen-bond donors (Lipinski definition) is 3. The van der Waals surface area contributed by atoms with E-state index >= 15 is 0 Å². The first kappa shape index (κ1) is 14.3. The summed E-state index contributed by atoms with van der Waals surface area (Å²) in [6.45, 7) is 1.06. The molecule has 1 fully saturated rings. The van der Waals surface area contributed by atoms with Gasteiger partial charge in [-0.05, 0) is 31.0 Å². The van der Waals surface area contributed by atoms with Crippen LogP contribution in [0.15, 0.2) is 18.2 Å². The van der Waals surface area contributed by atoms with Crippen molar-refractivity contribution in [3.8, 4) is 0 Å². The minimum Gasteiger partial charge on any atom is -0.478 e. The highest BCUT2D eigenvalue weighted by Gasteiger charge is 2.21. The highest BCUT2D eigenvalue weighted by atomic mass is 19.1. The van der Waals surface area contributed by atoms with Crippen LogP contribution in [0.4, 0.5) is 14.9 Å². The predicted octanol–water partition coefficient (Wildman–Crippen LogP) is 1.48. The number of carboxylic acids is 1. The van der Waals surface area contributed by atoms with Gasteiger partial charge in [0.2, 0.25) is 0 Å². The van der Waals surface area contributed by atoms with Crippen LogP contribution in [0.3, 0.4) is 0 Å². The number of carbonyl (C=O) groups is 2. The highest BCUT2D eigenvalue weighted by Crippen LogP contribution is 2.16. The second-order valence-corrected chi connectivity index (χ2v) is 4.78. The molecule has 1 aliphatic rings. The van der Waals surface area contributed by atoms with Crippen molar-refractivity contribution in [3.05, 3.63) is 29.6 Å². The van der Waals surface area contributed by atoms with E-state index in [1.165, 1.54) is 6.07 Å². The van der Waals surface area contributed by atoms with Crippen LogP contribution in [-0.4, -0.2) is 41.1 Å². The van der Waals surface area contributed by atoms with E-state index in [0.29, 0.717) is 13.1 Å². The number of amides is 2. The van der Waals surface area contributed by atoms with Gasteiger partial charge >= 0.3 is 12.0 Å².